The van der Waals surface area contributed by atoms with E-state index in [-0.39, 0.29) is 11.9 Å². The Morgan fingerprint density at radius 3 is 3.15 bits per heavy atom. The fourth-order valence-electron chi connectivity index (χ4n) is 2.17. The molecular formula is C13H16N4O3. The van der Waals surface area contributed by atoms with Crippen LogP contribution in [0.5, 0.6) is 5.75 Å². The highest BCUT2D eigenvalue weighted by atomic mass is 16.5. The maximum Gasteiger partial charge on any atom is 0.259 e. The first-order valence-electron chi connectivity index (χ1n) is 6.58. The lowest BCUT2D eigenvalue weighted by Crippen LogP contribution is -2.38. The fourth-order valence-corrected chi connectivity index (χ4v) is 2.17. The maximum atomic E-state index is 9.41. The maximum absolute atomic E-state index is 9.41. The van der Waals surface area contributed by atoms with E-state index >= 15 is 0 Å². The molecule has 0 spiro atoms. The molecule has 0 aromatic carbocycles. The van der Waals surface area contributed by atoms with Gasteiger partial charge in [-0.3, -0.25) is 9.88 Å². The average molecular weight is 276 g/mol. The first-order chi connectivity index (χ1) is 9.76. The van der Waals surface area contributed by atoms with E-state index in [0.717, 1.165) is 19.6 Å². The van der Waals surface area contributed by atoms with Crippen LogP contribution in [0.2, 0.25) is 0 Å². The van der Waals surface area contributed by atoms with Crippen molar-refractivity contribution in [2.75, 3.05) is 26.2 Å². The highest BCUT2D eigenvalue weighted by Gasteiger charge is 2.25. The monoisotopic (exact) mass is 276 g/mol. The number of likely N-dealkylation sites (N-methyl/N-ethyl adjacent to an activating group) is 1. The van der Waals surface area contributed by atoms with Crippen LogP contribution in [-0.4, -0.2) is 51.4 Å². The van der Waals surface area contributed by atoms with Crippen LogP contribution in [0.15, 0.2) is 23.0 Å². The number of aromatic hydroxyl groups is 1. The normalized spacial score (nSPS) is 20.1. The summed E-state index contributed by atoms with van der Waals surface area (Å²) in [5.41, 5.74) is 0.590. The van der Waals surface area contributed by atoms with Crippen molar-refractivity contribution in [1.29, 1.82) is 0 Å². The molecule has 20 heavy (non-hydrogen) atoms. The predicted molar refractivity (Wildman–Crippen MR) is 70.0 cm³/mol. The standard InChI is InChI=1S/C13H16N4O3/c1-2-17-3-4-19-11(8-17)12-15-13(20-16-12)9-5-10(18)7-14-6-9/h5-7,11,18H,2-4,8H2,1H3. The highest BCUT2D eigenvalue weighted by Crippen LogP contribution is 2.24. The zero-order chi connectivity index (χ0) is 13.9. The quantitative estimate of drug-likeness (QED) is 0.902. The summed E-state index contributed by atoms with van der Waals surface area (Å²) in [4.78, 5) is 10.5. The average Bonchev–Trinajstić information content (AvgIpc) is 2.97. The Labute approximate surface area is 116 Å². The molecule has 3 heterocycles. The molecule has 2 aromatic rings. The van der Waals surface area contributed by atoms with Crippen LogP contribution in [0, 0.1) is 0 Å². The van der Waals surface area contributed by atoms with E-state index in [1.165, 1.54) is 12.3 Å². The highest BCUT2D eigenvalue weighted by molar-refractivity contribution is 5.53. The van der Waals surface area contributed by atoms with Gasteiger partial charge in [0.15, 0.2) is 0 Å². The van der Waals surface area contributed by atoms with Gasteiger partial charge in [0, 0.05) is 19.3 Å². The second-order valence-electron chi connectivity index (χ2n) is 4.64. The van der Waals surface area contributed by atoms with E-state index in [1.807, 2.05) is 0 Å². The summed E-state index contributed by atoms with van der Waals surface area (Å²) in [6.45, 7) is 5.43. The molecule has 1 N–H and O–H groups in total. The second kappa shape index (κ2) is 5.56. The molecule has 3 rings (SSSR count). The molecule has 0 amide bonds. The molecule has 1 aliphatic rings. The van der Waals surface area contributed by atoms with E-state index < -0.39 is 0 Å². The molecule has 0 radical (unpaired) electrons. The number of aromatic nitrogens is 3. The van der Waals surface area contributed by atoms with Crippen molar-refractivity contribution in [2.24, 2.45) is 0 Å². The molecule has 2 aromatic heterocycles. The molecule has 0 bridgehead atoms. The Bertz CT molecular complexity index is 587. The van der Waals surface area contributed by atoms with Crippen LogP contribution >= 0.6 is 0 Å². The zero-order valence-electron chi connectivity index (χ0n) is 11.2. The molecule has 7 heteroatoms. The number of ether oxygens (including phenoxy) is 1. The van der Waals surface area contributed by atoms with Crippen LogP contribution < -0.4 is 0 Å². The van der Waals surface area contributed by atoms with Gasteiger partial charge in [-0.2, -0.15) is 4.98 Å². The fraction of sp³-hybridized carbons (Fsp3) is 0.462. The lowest BCUT2D eigenvalue weighted by atomic mass is 10.2. The first kappa shape index (κ1) is 13.0. The van der Waals surface area contributed by atoms with E-state index in [0.29, 0.717) is 23.9 Å². The molecule has 0 aliphatic carbocycles. The largest absolute Gasteiger partial charge is 0.506 e. The third-order valence-electron chi connectivity index (χ3n) is 3.30. The Hall–Kier alpha value is -1.99. The minimum absolute atomic E-state index is 0.0633. The van der Waals surface area contributed by atoms with Gasteiger partial charge >= 0.3 is 0 Å². The number of pyridine rings is 1. The summed E-state index contributed by atoms with van der Waals surface area (Å²) in [6.07, 6.45) is 2.74. The molecule has 1 aliphatic heterocycles. The van der Waals surface area contributed by atoms with Crippen molar-refractivity contribution in [3.05, 3.63) is 24.3 Å². The van der Waals surface area contributed by atoms with Crippen LogP contribution in [-0.2, 0) is 4.74 Å². The Morgan fingerprint density at radius 1 is 1.45 bits per heavy atom. The summed E-state index contributed by atoms with van der Waals surface area (Å²) < 4.78 is 10.9. The summed E-state index contributed by atoms with van der Waals surface area (Å²) in [6, 6.07) is 1.53. The predicted octanol–water partition coefficient (Wildman–Crippen LogP) is 1.23. The number of morpholine rings is 1. The van der Waals surface area contributed by atoms with Gasteiger partial charge in [0.05, 0.1) is 18.4 Å². The van der Waals surface area contributed by atoms with Gasteiger partial charge in [-0.25, -0.2) is 0 Å². The molecule has 1 unspecified atom stereocenters. The van der Waals surface area contributed by atoms with Crippen molar-refractivity contribution in [2.45, 2.75) is 13.0 Å². The summed E-state index contributed by atoms with van der Waals surface area (Å²) in [7, 11) is 0. The van der Waals surface area contributed by atoms with Crippen molar-refractivity contribution >= 4 is 0 Å². The van der Waals surface area contributed by atoms with Gasteiger partial charge in [0.2, 0.25) is 5.82 Å². The molecule has 1 fully saturated rings. The van der Waals surface area contributed by atoms with Gasteiger partial charge in [-0.15, -0.1) is 0 Å². The molecule has 7 nitrogen and oxygen atoms in total. The number of hydrogen-bond donors (Lipinski definition) is 1. The minimum atomic E-state index is -0.175. The lowest BCUT2D eigenvalue weighted by molar-refractivity contribution is -0.0334. The van der Waals surface area contributed by atoms with E-state index in [2.05, 4.69) is 26.9 Å². The van der Waals surface area contributed by atoms with Crippen LogP contribution in [0.4, 0.5) is 0 Å². The number of nitrogens with zero attached hydrogens (tertiary/aromatic N) is 4. The molecule has 106 valence electrons. The molecule has 1 atom stereocenters. The van der Waals surface area contributed by atoms with Gasteiger partial charge in [0.25, 0.3) is 5.89 Å². The SMILES string of the molecule is CCN1CCOC(c2noc(-c3cncc(O)c3)n2)C1. The van der Waals surface area contributed by atoms with Gasteiger partial charge in [-0.1, -0.05) is 12.1 Å². The number of rotatable bonds is 3. The summed E-state index contributed by atoms with van der Waals surface area (Å²) in [5, 5.41) is 13.4. The van der Waals surface area contributed by atoms with E-state index in [1.54, 1.807) is 6.20 Å². The van der Waals surface area contributed by atoms with E-state index in [4.69, 9.17) is 9.26 Å². The zero-order valence-corrected chi connectivity index (χ0v) is 11.2. The molecule has 1 saturated heterocycles. The first-order valence-corrected chi connectivity index (χ1v) is 6.58. The molecule has 0 saturated carbocycles. The summed E-state index contributed by atoms with van der Waals surface area (Å²) in [5.74, 6) is 0.926. The van der Waals surface area contributed by atoms with Gasteiger partial charge in [-0.05, 0) is 12.6 Å². The number of hydrogen-bond acceptors (Lipinski definition) is 7. The van der Waals surface area contributed by atoms with Crippen molar-refractivity contribution in [3.8, 4) is 17.2 Å². The van der Waals surface area contributed by atoms with Crippen LogP contribution in [0.1, 0.15) is 18.9 Å². The van der Waals surface area contributed by atoms with Gasteiger partial charge < -0.3 is 14.4 Å². The Balaban J connectivity index is 1.80. The van der Waals surface area contributed by atoms with Crippen molar-refractivity contribution in [3.63, 3.8) is 0 Å². The molecular weight excluding hydrogens is 260 g/mol. The van der Waals surface area contributed by atoms with Crippen molar-refractivity contribution < 1.29 is 14.4 Å². The second-order valence-corrected chi connectivity index (χ2v) is 4.64. The third-order valence-corrected chi connectivity index (χ3v) is 3.30. The van der Waals surface area contributed by atoms with E-state index in [9.17, 15) is 5.11 Å². The van der Waals surface area contributed by atoms with Crippen LogP contribution in [0.3, 0.4) is 0 Å². The Kier molecular flexibility index (Phi) is 3.62. The van der Waals surface area contributed by atoms with Crippen molar-refractivity contribution in [1.82, 2.24) is 20.0 Å². The third kappa shape index (κ3) is 2.63. The topological polar surface area (TPSA) is 84.5 Å². The van der Waals surface area contributed by atoms with Gasteiger partial charge in [0.1, 0.15) is 11.9 Å². The van der Waals surface area contributed by atoms with Crippen LogP contribution in [0.25, 0.3) is 11.5 Å². The minimum Gasteiger partial charge on any atom is -0.506 e. The summed E-state index contributed by atoms with van der Waals surface area (Å²) >= 11 is 0. The Morgan fingerprint density at radius 2 is 2.35 bits per heavy atom. The lowest BCUT2D eigenvalue weighted by Gasteiger charge is -2.30. The smallest absolute Gasteiger partial charge is 0.259 e.